The minimum Gasteiger partial charge on any atom is -0.394 e. The topological polar surface area (TPSA) is 131 Å². The number of hydrogen-bond acceptors (Lipinski definition) is 7. The lowest BCUT2D eigenvalue weighted by Crippen LogP contribution is -2.58. The van der Waals surface area contributed by atoms with E-state index in [1.807, 2.05) is 55.5 Å². The molecule has 8 unspecified atom stereocenters. The number of halogens is 1. The van der Waals surface area contributed by atoms with Crippen molar-refractivity contribution >= 4 is 11.6 Å². The molecule has 5 N–H and O–H groups in total. The summed E-state index contributed by atoms with van der Waals surface area (Å²) < 4.78 is 18.9. The van der Waals surface area contributed by atoms with Crippen molar-refractivity contribution in [2.24, 2.45) is 5.92 Å². The Balaban J connectivity index is 1.29. The Hall–Kier alpha value is -3.18. The average molecular weight is 580 g/mol. The SMILES string of the molecule is Cc1ccc(N2C(=O)C(CCC(O)c3ccc(F)cc3)C2c2ccc(CCC3OC(CO)C(O)C(O)C3O)cc2)cc1. The highest BCUT2D eigenvalue weighted by molar-refractivity contribution is 6.03. The van der Waals surface area contributed by atoms with Gasteiger partial charge in [-0.1, -0.05) is 54.1 Å². The Morgan fingerprint density at radius 2 is 1.50 bits per heavy atom. The van der Waals surface area contributed by atoms with Crippen LogP contribution in [0.25, 0.3) is 0 Å². The molecular weight excluding hydrogens is 541 g/mol. The number of amides is 1. The molecule has 2 fully saturated rings. The molecule has 224 valence electrons. The number of aryl methyl sites for hydroxylation is 2. The van der Waals surface area contributed by atoms with Crippen LogP contribution in [0.4, 0.5) is 10.1 Å². The number of anilines is 1. The Kier molecular flexibility index (Phi) is 9.37. The Labute approximate surface area is 244 Å². The zero-order chi connectivity index (χ0) is 30.0. The number of β-lactam (4-membered cyclic amide) rings is 1. The van der Waals surface area contributed by atoms with Crippen molar-refractivity contribution in [1.82, 2.24) is 0 Å². The third-order valence-electron chi connectivity index (χ3n) is 8.56. The molecule has 0 spiro atoms. The van der Waals surface area contributed by atoms with Gasteiger partial charge in [-0.05, 0) is 73.6 Å². The number of benzene rings is 3. The van der Waals surface area contributed by atoms with E-state index in [1.165, 1.54) is 12.1 Å². The predicted octanol–water partition coefficient (Wildman–Crippen LogP) is 3.13. The third-order valence-corrected chi connectivity index (χ3v) is 8.56. The Bertz CT molecular complexity index is 1330. The maximum atomic E-state index is 13.4. The molecule has 2 saturated heterocycles. The van der Waals surface area contributed by atoms with E-state index in [0.29, 0.717) is 31.2 Å². The molecule has 3 aromatic carbocycles. The van der Waals surface area contributed by atoms with Gasteiger partial charge in [0.25, 0.3) is 0 Å². The van der Waals surface area contributed by atoms with Crippen LogP contribution < -0.4 is 4.90 Å². The number of ether oxygens (including phenoxy) is 1. The summed E-state index contributed by atoms with van der Waals surface area (Å²) in [4.78, 5) is 15.2. The number of hydrogen-bond donors (Lipinski definition) is 5. The van der Waals surface area contributed by atoms with E-state index < -0.39 is 43.2 Å². The quantitative estimate of drug-likeness (QED) is 0.233. The molecular formula is C33H38FNO7. The summed E-state index contributed by atoms with van der Waals surface area (Å²) in [7, 11) is 0. The number of aliphatic hydroxyl groups excluding tert-OH is 5. The van der Waals surface area contributed by atoms with Gasteiger partial charge in [0.05, 0.1) is 30.8 Å². The first-order valence-corrected chi connectivity index (χ1v) is 14.4. The summed E-state index contributed by atoms with van der Waals surface area (Å²) >= 11 is 0. The van der Waals surface area contributed by atoms with Gasteiger partial charge in [0.2, 0.25) is 5.91 Å². The summed E-state index contributed by atoms with van der Waals surface area (Å²) in [5, 5.41) is 50.6. The van der Waals surface area contributed by atoms with Crippen molar-refractivity contribution in [1.29, 1.82) is 0 Å². The standard InChI is InChI=1S/C33H38FNO7/c1-19-2-13-24(14-3-19)35-29(25(33(35)41)15-16-26(37)21-9-11-23(34)12-10-21)22-7-4-20(5-8-22)6-17-27-30(38)32(40)31(39)28(18-36)42-27/h2-5,7-14,25-32,36-40H,6,15-18H2,1H3. The van der Waals surface area contributed by atoms with Crippen LogP contribution >= 0.6 is 0 Å². The minimum atomic E-state index is -1.40. The van der Waals surface area contributed by atoms with Crippen molar-refractivity contribution in [2.75, 3.05) is 11.5 Å². The summed E-state index contributed by atoms with van der Waals surface area (Å²) in [6, 6.07) is 21.2. The second kappa shape index (κ2) is 13.0. The molecule has 8 nitrogen and oxygen atoms in total. The fourth-order valence-corrected chi connectivity index (χ4v) is 6.00. The van der Waals surface area contributed by atoms with Crippen LogP contribution in [-0.4, -0.2) is 68.6 Å². The first kappa shape index (κ1) is 30.3. The first-order chi connectivity index (χ1) is 20.2. The minimum absolute atomic E-state index is 0.0122. The maximum absolute atomic E-state index is 13.4. The molecule has 2 aliphatic heterocycles. The van der Waals surface area contributed by atoms with Crippen LogP contribution in [0.15, 0.2) is 72.8 Å². The second-order valence-electron chi connectivity index (χ2n) is 11.4. The van der Waals surface area contributed by atoms with Crippen molar-refractivity contribution in [3.8, 4) is 0 Å². The number of rotatable bonds is 10. The smallest absolute Gasteiger partial charge is 0.233 e. The lowest BCUT2D eigenvalue weighted by molar-refractivity contribution is -0.230. The fraction of sp³-hybridized carbons (Fsp3) is 0.424. The average Bonchev–Trinajstić information content (AvgIpc) is 3.00. The summed E-state index contributed by atoms with van der Waals surface area (Å²) in [5.74, 6) is -0.714. The van der Waals surface area contributed by atoms with Gasteiger partial charge in [0, 0.05) is 5.69 Å². The van der Waals surface area contributed by atoms with Crippen LogP contribution in [0.3, 0.4) is 0 Å². The maximum Gasteiger partial charge on any atom is 0.233 e. The van der Waals surface area contributed by atoms with E-state index >= 15 is 0 Å². The van der Waals surface area contributed by atoms with Gasteiger partial charge in [0.1, 0.15) is 30.2 Å². The molecule has 0 aliphatic carbocycles. The van der Waals surface area contributed by atoms with Gasteiger partial charge in [-0.3, -0.25) is 4.79 Å². The zero-order valence-electron chi connectivity index (χ0n) is 23.5. The Morgan fingerprint density at radius 3 is 2.14 bits per heavy atom. The molecule has 0 saturated carbocycles. The van der Waals surface area contributed by atoms with E-state index in [-0.39, 0.29) is 23.7 Å². The van der Waals surface area contributed by atoms with Gasteiger partial charge in [-0.2, -0.15) is 0 Å². The molecule has 2 heterocycles. The van der Waals surface area contributed by atoms with E-state index in [4.69, 9.17) is 4.74 Å². The highest BCUT2D eigenvalue weighted by atomic mass is 19.1. The normalized spacial score (nSPS) is 28.4. The summed E-state index contributed by atoms with van der Waals surface area (Å²) in [5.41, 5.74) is 4.42. The molecule has 9 heteroatoms. The summed E-state index contributed by atoms with van der Waals surface area (Å²) in [6.07, 6.45) is -4.80. The van der Waals surface area contributed by atoms with E-state index in [0.717, 1.165) is 22.4 Å². The van der Waals surface area contributed by atoms with Crippen molar-refractivity contribution in [2.45, 2.75) is 75.3 Å². The van der Waals surface area contributed by atoms with Crippen LogP contribution in [-0.2, 0) is 16.0 Å². The summed E-state index contributed by atoms with van der Waals surface area (Å²) in [6.45, 7) is 1.53. The van der Waals surface area contributed by atoms with E-state index in [9.17, 15) is 34.7 Å². The molecule has 1 amide bonds. The Morgan fingerprint density at radius 1 is 0.857 bits per heavy atom. The predicted molar refractivity (Wildman–Crippen MR) is 154 cm³/mol. The molecule has 3 aromatic rings. The van der Waals surface area contributed by atoms with Crippen LogP contribution in [0.5, 0.6) is 0 Å². The molecule has 2 aliphatic rings. The monoisotopic (exact) mass is 579 g/mol. The number of aliphatic hydroxyl groups is 5. The van der Waals surface area contributed by atoms with Crippen molar-refractivity contribution < 1.29 is 39.5 Å². The van der Waals surface area contributed by atoms with Crippen LogP contribution in [0.2, 0.25) is 0 Å². The van der Waals surface area contributed by atoms with Gasteiger partial charge < -0.3 is 35.2 Å². The lowest BCUT2D eigenvalue weighted by atomic mass is 9.78. The molecule has 42 heavy (non-hydrogen) atoms. The zero-order valence-corrected chi connectivity index (χ0v) is 23.5. The van der Waals surface area contributed by atoms with Crippen molar-refractivity contribution in [3.63, 3.8) is 0 Å². The number of carbonyl (C=O) groups is 1. The molecule has 0 radical (unpaired) electrons. The van der Waals surface area contributed by atoms with Gasteiger partial charge in [0.15, 0.2) is 0 Å². The van der Waals surface area contributed by atoms with Crippen LogP contribution in [0, 0.1) is 18.7 Å². The molecule has 5 rings (SSSR count). The van der Waals surface area contributed by atoms with Gasteiger partial charge in [-0.25, -0.2) is 4.39 Å². The third kappa shape index (κ3) is 6.27. The first-order valence-electron chi connectivity index (χ1n) is 14.4. The highest BCUT2D eigenvalue weighted by Crippen LogP contribution is 2.46. The van der Waals surface area contributed by atoms with Crippen molar-refractivity contribution in [3.05, 3.63) is 101 Å². The van der Waals surface area contributed by atoms with Gasteiger partial charge >= 0.3 is 0 Å². The highest BCUT2D eigenvalue weighted by Gasteiger charge is 2.48. The lowest BCUT2D eigenvalue weighted by Gasteiger charge is -2.48. The molecule has 8 atom stereocenters. The van der Waals surface area contributed by atoms with Gasteiger partial charge in [-0.15, -0.1) is 0 Å². The number of nitrogens with zero attached hydrogens (tertiary/aromatic N) is 1. The number of carbonyl (C=O) groups excluding carboxylic acids is 1. The van der Waals surface area contributed by atoms with E-state index in [1.54, 1.807) is 17.0 Å². The molecule has 0 aromatic heterocycles. The largest absolute Gasteiger partial charge is 0.394 e. The second-order valence-corrected chi connectivity index (χ2v) is 11.4. The van der Waals surface area contributed by atoms with E-state index in [2.05, 4.69) is 0 Å². The fourth-order valence-electron chi connectivity index (χ4n) is 6.00. The van der Waals surface area contributed by atoms with Crippen LogP contribution in [0.1, 0.15) is 53.7 Å². The molecule has 0 bridgehead atoms.